The number of hydrogen-bond donors (Lipinski definition) is 1. The second-order valence-corrected chi connectivity index (χ2v) is 5.25. The van der Waals surface area contributed by atoms with Gasteiger partial charge in [0.15, 0.2) is 0 Å². The van der Waals surface area contributed by atoms with Crippen LogP contribution in [0.2, 0.25) is 0 Å². The van der Waals surface area contributed by atoms with E-state index in [4.69, 9.17) is 0 Å². The Morgan fingerprint density at radius 3 is 2.75 bits per heavy atom. The van der Waals surface area contributed by atoms with Crippen LogP contribution in [0.5, 0.6) is 0 Å². The van der Waals surface area contributed by atoms with E-state index in [1.807, 2.05) is 4.90 Å². The molecule has 0 aliphatic carbocycles. The van der Waals surface area contributed by atoms with Crippen molar-refractivity contribution in [3.8, 4) is 0 Å². The van der Waals surface area contributed by atoms with E-state index < -0.39 is 0 Å². The molecule has 2 heterocycles. The lowest BCUT2D eigenvalue weighted by atomic mass is 9.75. The quantitative estimate of drug-likeness (QED) is 0.717. The highest BCUT2D eigenvalue weighted by molar-refractivity contribution is 5.84. The van der Waals surface area contributed by atoms with E-state index in [0.29, 0.717) is 11.8 Å². The minimum absolute atomic E-state index is 0.148. The van der Waals surface area contributed by atoms with Crippen molar-refractivity contribution < 1.29 is 4.79 Å². The third kappa shape index (κ3) is 1.88. The van der Waals surface area contributed by atoms with E-state index in [1.54, 1.807) is 0 Å². The van der Waals surface area contributed by atoms with Crippen LogP contribution in [0, 0.1) is 11.3 Å². The molecule has 2 rings (SSSR count). The fourth-order valence-electron chi connectivity index (χ4n) is 2.77. The minimum Gasteiger partial charge on any atom is -0.338 e. The predicted octanol–water partition coefficient (Wildman–Crippen LogP) is 1.41. The van der Waals surface area contributed by atoms with Gasteiger partial charge in [-0.3, -0.25) is 4.79 Å². The van der Waals surface area contributed by atoms with Crippen molar-refractivity contribution in [2.24, 2.45) is 11.3 Å². The first kappa shape index (κ1) is 11.6. The van der Waals surface area contributed by atoms with Crippen molar-refractivity contribution in [3.63, 3.8) is 0 Å². The summed E-state index contributed by atoms with van der Waals surface area (Å²) in [7, 11) is 0. The van der Waals surface area contributed by atoms with Gasteiger partial charge in [-0.05, 0) is 25.3 Å². The van der Waals surface area contributed by atoms with Crippen molar-refractivity contribution in [1.82, 2.24) is 10.2 Å². The molecule has 2 aliphatic rings. The maximum absolute atomic E-state index is 12.6. The van der Waals surface area contributed by atoms with Crippen LogP contribution in [0.1, 0.15) is 26.7 Å². The molecule has 0 saturated carbocycles. The molecule has 1 unspecified atom stereocenters. The normalized spacial score (nSPS) is 30.1. The van der Waals surface area contributed by atoms with Crippen LogP contribution in [-0.2, 0) is 4.79 Å². The SMILES string of the molecule is CC(C)C1(C(=O)N2CC=CCC2)CCNC1. The summed E-state index contributed by atoms with van der Waals surface area (Å²) >= 11 is 0. The van der Waals surface area contributed by atoms with Gasteiger partial charge in [0, 0.05) is 19.6 Å². The molecule has 90 valence electrons. The third-order valence-electron chi connectivity index (χ3n) is 4.06. The average molecular weight is 222 g/mol. The molecule has 0 aromatic rings. The molecule has 0 bridgehead atoms. The second-order valence-electron chi connectivity index (χ2n) is 5.25. The van der Waals surface area contributed by atoms with E-state index in [9.17, 15) is 4.79 Å². The van der Waals surface area contributed by atoms with Gasteiger partial charge in [-0.25, -0.2) is 0 Å². The van der Waals surface area contributed by atoms with Crippen LogP contribution < -0.4 is 5.32 Å². The van der Waals surface area contributed by atoms with Crippen molar-refractivity contribution in [3.05, 3.63) is 12.2 Å². The van der Waals surface area contributed by atoms with Gasteiger partial charge < -0.3 is 10.2 Å². The number of nitrogens with zero attached hydrogens (tertiary/aromatic N) is 1. The van der Waals surface area contributed by atoms with E-state index in [-0.39, 0.29) is 5.41 Å². The first-order chi connectivity index (χ1) is 7.67. The number of nitrogens with one attached hydrogen (secondary N) is 1. The number of rotatable bonds is 2. The van der Waals surface area contributed by atoms with Crippen molar-refractivity contribution in [2.75, 3.05) is 26.2 Å². The van der Waals surface area contributed by atoms with Crippen LogP contribution in [0.25, 0.3) is 0 Å². The van der Waals surface area contributed by atoms with Gasteiger partial charge >= 0.3 is 0 Å². The van der Waals surface area contributed by atoms with Crippen LogP contribution in [-0.4, -0.2) is 37.0 Å². The van der Waals surface area contributed by atoms with E-state index in [2.05, 4.69) is 31.3 Å². The second kappa shape index (κ2) is 4.58. The fourth-order valence-corrected chi connectivity index (χ4v) is 2.77. The van der Waals surface area contributed by atoms with Gasteiger partial charge in [0.1, 0.15) is 0 Å². The standard InChI is InChI=1S/C13H22N2O/c1-11(2)13(6-7-14-10-13)12(16)15-8-4-3-5-9-15/h3-4,11,14H,5-10H2,1-2H3. The van der Waals surface area contributed by atoms with Gasteiger partial charge in [-0.15, -0.1) is 0 Å². The number of carbonyl (C=O) groups excluding carboxylic acids is 1. The largest absolute Gasteiger partial charge is 0.338 e. The van der Waals surface area contributed by atoms with E-state index in [0.717, 1.165) is 39.0 Å². The summed E-state index contributed by atoms with van der Waals surface area (Å²) in [4.78, 5) is 14.6. The summed E-state index contributed by atoms with van der Waals surface area (Å²) in [5.41, 5.74) is -0.148. The Kier molecular flexibility index (Phi) is 3.33. The zero-order valence-corrected chi connectivity index (χ0v) is 10.3. The molecule has 1 N–H and O–H groups in total. The molecule has 16 heavy (non-hydrogen) atoms. The van der Waals surface area contributed by atoms with Gasteiger partial charge in [-0.1, -0.05) is 26.0 Å². The van der Waals surface area contributed by atoms with Crippen LogP contribution in [0.4, 0.5) is 0 Å². The molecule has 0 aromatic carbocycles. The highest BCUT2D eigenvalue weighted by atomic mass is 16.2. The summed E-state index contributed by atoms with van der Waals surface area (Å²) in [5, 5.41) is 3.35. The molecule has 0 radical (unpaired) electrons. The zero-order chi connectivity index (χ0) is 11.6. The fraction of sp³-hybridized carbons (Fsp3) is 0.769. The van der Waals surface area contributed by atoms with Gasteiger partial charge in [-0.2, -0.15) is 0 Å². The minimum atomic E-state index is -0.148. The first-order valence-electron chi connectivity index (χ1n) is 6.32. The maximum atomic E-state index is 12.6. The topological polar surface area (TPSA) is 32.3 Å². The molecule has 1 atom stereocenters. The summed E-state index contributed by atoms with van der Waals surface area (Å²) in [5.74, 6) is 0.776. The molecule has 1 amide bonds. The molecule has 1 saturated heterocycles. The lowest BCUT2D eigenvalue weighted by molar-refractivity contribution is -0.143. The van der Waals surface area contributed by atoms with Crippen molar-refractivity contribution >= 4 is 5.91 Å². The zero-order valence-electron chi connectivity index (χ0n) is 10.3. The average Bonchev–Trinajstić information content (AvgIpc) is 2.79. The van der Waals surface area contributed by atoms with E-state index in [1.165, 1.54) is 0 Å². The van der Waals surface area contributed by atoms with Gasteiger partial charge in [0.2, 0.25) is 5.91 Å². The third-order valence-corrected chi connectivity index (χ3v) is 4.06. The molecule has 2 aliphatic heterocycles. The molecule has 0 spiro atoms. The van der Waals surface area contributed by atoms with Crippen molar-refractivity contribution in [1.29, 1.82) is 0 Å². The van der Waals surface area contributed by atoms with Crippen LogP contribution in [0.15, 0.2) is 12.2 Å². The molecule has 0 aromatic heterocycles. The van der Waals surface area contributed by atoms with E-state index >= 15 is 0 Å². The van der Waals surface area contributed by atoms with Gasteiger partial charge in [0.25, 0.3) is 0 Å². The van der Waals surface area contributed by atoms with Crippen molar-refractivity contribution in [2.45, 2.75) is 26.7 Å². The van der Waals surface area contributed by atoms with Crippen LogP contribution >= 0.6 is 0 Å². The molecular formula is C13H22N2O. The number of amides is 1. The summed E-state index contributed by atoms with van der Waals surface area (Å²) < 4.78 is 0. The summed E-state index contributed by atoms with van der Waals surface area (Å²) in [6.07, 6.45) is 6.27. The Morgan fingerprint density at radius 2 is 2.25 bits per heavy atom. The molecule has 3 nitrogen and oxygen atoms in total. The summed E-state index contributed by atoms with van der Waals surface area (Å²) in [6.45, 7) is 7.86. The Bertz CT molecular complexity index is 290. The monoisotopic (exact) mass is 222 g/mol. The highest BCUT2D eigenvalue weighted by Crippen LogP contribution is 2.36. The Balaban J connectivity index is 2.14. The molecule has 3 heteroatoms. The predicted molar refractivity (Wildman–Crippen MR) is 65.1 cm³/mol. The lowest BCUT2D eigenvalue weighted by Crippen LogP contribution is -2.49. The number of carbonyl (C=O) groups is 1. The van der Waals surface area contributed by atoms with Gasteiger partial charge in [0.05, 0.1) is 5.41 Å². The summed E-state index contributed by atoms with van der Waals surface area (Å²) in [6, 6.07) is 0. The lowest BCUT2D eigenvalue weighted by Gasteiger charge is -2.37. The Labute approximate surface area is 97.9 Å². The highest BCUT2D eigenvalue weighted by Gasteiger charge is 2.45. The number of hydrogen-bond acceptors (Lipinski definition) is 2. The Hall–Kier alpha value is -0.830. The molecular weight excluding hydrogens is 200 g/mol. The molecule has 1 fully saturated rings. The first-order valence-corrected chi connectivity index (χ1v) is 6.32. The smallest absolute Gasteiger partial charge is 0.230 e. The van der Waals surface area contributed by atoms with Crippen LogP contribution in [0.3, 0.4) is 0 Å². The maximum Gasteiger partial charge on any atom is 0.230 e. The Morgan fingerprint density at radius 1 is 1.44 bits per heavy atom.